The first kappa shape index (κ1) is 15.8. The third-order valence-electron chi connectivity index (χ3n) is 3.81. The molecule has 118 valence electrons. The highest BCUT2D eigenvalue weighted by Crippen LogP contribution is 2.32. The van der Waals surface area contributed by atoms with E-state index in [9.17, 15) is 14.4 Å². The molecular formula is C15H19N3O4. The maximum Gasteiger partial charge on any atom is 0.323 e. The van der Waals surface area contributed by atoms with Gasteiger partial charge in [-0.2, -0.15) is 0 Å². The number of likely N-dealkylation sites (N-methyl/N-ethyl adjacent to an activating group) is 1. The molecule has 1 unspecified atom stereocenters. The van der Waals surface area contributed by atoms with Crippen LogP contribution in [0.1, 0.15) is 18.9 Å². The van der Waals surface area contributed by atoms with Crippen molar-refractivity contribution in [1.82, 2.24) is 0 Å². The van der Waals surface area contributed by atoms with Crippen LogP contribution >= 0.6 is 0 Å². The van der Waals surface area contributed by atoms with E-state index >= 15 is 0 Å². The Kier molecular flexibility index (Phi) is 4.35. The molecule has 22 heavy (non-hydrogen) atoms. The van der Waals surface area contributed by atoms with E-state index in [4.69, 9.17) is 10.8 Å². The number of carbonyl (C=O) groups is 3. The normalized spacial score (nSPS) is 15.2. The fourth-order valence-corrected chi connectivity index (χ4v) is 2.59. The largest absolute Gasteiger partial charge is 0.480 e. The van der Waals surface area contributed by atoms with Gasteiger partial charge >= 0.3 is 5.97 Å². The number of carboxylic acid groups (broad SMARTS) is 1. The van der Waals surface area contributed by atoms with Gasteiger partial charge in [0.2, 0.25) is 11.8 Å². The molecule has 1 aromatic rings. The number of nitrogens with two attached hydrogens (primary N) is 1. The predicted molar refractivity (Wildman–Crippen MR) is 81.8 cm³/mol. The number of anilines is 2. The highest BCUT2D eigenvalue weighted by atomic mass is 16.4. The monoisotopic (exact) mass is 305 g/mol. The molecule has 0 aromatic heterocycles. The molecule has 7 nitrogen and oxygen atoms in total. The molecule has 0 saturated heterocycles. The minimum atomic E-state index is -0.917. The summed E-state index contributed by atoms with van der Waals surface area (Å²) in [6.45, 7) is 1.49. The van der Waals surface area contributed by atoms with Gasteiger partial charge in [0.05, 0.1) is 0 Å². The molecule has 7 heteroatoms. The number of aryl methyl sites for hydroxylation is 1. The number of carboxylic acids is 1. The molecular weight excluding hydrogens is 286 g/mol. The van der Waals surface area contributed by atoms with Crippen molar-refractivity contribution in [1.29, 1.82) is 0 Å². The number of benzene rings is 1. The first-order valence-corrected chi connectivity index (χ1v) is 6.98. The van der Waals surface area contributed by atoms with Crippen LogP contribution in [0.5, 0.6) is 0 Å². The van der Waals surface area contributed by atoms with Gasteiger partial charge in [0.1, 0.15) is 12.6 Å². The lowest BCUT2D eigenvalue weighted by molar-refractivity contribution is -0.135. The molecule has 1 atom stereocenters. The van der Waals surface area contributed by atoms with Crippen molar-refractivity contribution < 1.29 is 19.5 Å². The van der Waals surface area contributed by atoms with Crippen LogP contribution < -0.4 is 15.5 Å². The fraction of sp³-hybridized carbons (Fsp3) is 0.400. The van der Waals surface area contributed by atoms with E-state index in [2.05, 4.69) is 0 Å². The second kappa shape index (κ2) is 6.05. The van der Waals surface area contributed by atoms with E-state index in [1.165, 1.54) is 4.90 Å². The van der Waals surface area contributed by atoms with E-state index in [0.29, 0.717) is 18.5 Å². The lowest BCUT2D eigenvalue weighted by atomic mass is 9.98. The molecule has 0 aliphatic carbocycles. The molecule has 1 heterocycles. The summed E-state index contributed by atoms with van der Waals surface area (Å²) in [4.78, 5) is 37.3. The fourth-order valence-electron chi connectivity index (χ4n) is 2.59. The number of hydrogen-bond donors (Lipinski definition) is 2. The van der Waals surface area contributed by atoms with Gasteiger partial charge < -0.3 is 15.7 Å². The van der Waals surface area contributed by atoms with Crippen molar-refractivity contribution in [3.05, 3.63) is 23.8 Å². The summed E-state index contributed by atoms with van der Waals surface area (Å²) in [5, 5.41) is 8.85. The molecule has 2 amide bonds. The van der Waals surface area contributed by atoms with Crippen LogP contribution in [0.15, 0.2) is 18.2 Å². The Morgan fingerprint density at radius 2 is 2.09 bits per heavy atom. The number of amides is 2. The standard InChI is InChI=1S/C15H19N3O4/c1-9(15(16)22)18-12-5-4-11(17(2)8-14(20)21)7-10(12)3-6-13(18)19/h4-5,7,9H,3,6,8H2,1-2H3,(H2,16,22)(H,20,21). The molecule has 0 radical (unpaired) electrons. The second-order valence-electron chi connectivity index (χ2n) is 5.40. The molecule has 2 rings (SSSR count). The van der Waals surface area contributed by atoms with Gasteiger partial charge in [-0.1, -0.05) is 0 Å². The number of fused-ring (bicyclic) bond motifs is 1. The van der Waals surface area contributed by atoms with E-state index in [1.807, 2.05) is 6.07 Å². The SMILES string of the molecule is CC(C(N)=O)N1C(=O)CCc2cc(N(C)CC(=O)O)ccc21. The summed E-state index contributed by atoms with van der Waals surface area (Å²) in [5.41, 5.74) is 7.63. The van der Waals surface area contributed by atoms with E-state index in [0.717, 1.165) is 11.3 Å². The molecule has 1 aromatic carbocycles. The van der Waals surface area contributed by atoms with Crippen LogP contribution in [-0.4, -0.2) is 42.5 Å². The Hall–Kier alpha value is -2.57. The molecule has 3 N–H and O–H groups in total. The zero-order valence-corrected chi connectivity index (χ0v) is 12.6. The molecule has 0 bridgehead atoms. The summed E-state index contributed by atoms with van der Waals surface area (Å²) in [5.74, 6) is -1.61. The van der Waals surface area contributed by atoms with Gasteiger partial charge in [0, 0.05) is 24.8 Å². The van der Waals surface area contributed by atoms with Crippen molar-refractivity contribution in [2.45, 2.75) is 25.8 Å². The number of carbonyl (C=O) groups excluding carboxylic acids is 2. The Morgan fingerprint density at radius 1 is 1.41 bits per heavy atom. The zero-order chi connectivity index (χ0) is 16.4. The van der Waals surface area contributed by atoms with Gasteiger partial charge in [0.25, 0.3) is 0 Å². The van der Waals surface area contributed by atoms with Crippen LogP contribution in [0.2, 0.25) is 0 Å². The van der Waals surface area contributed by atoms with Crippen molar-refractivity contribution in [3.63, 3.8) is 0 Å². The van der Waals surface area contributed by atoms with Gasteiger partial charge in [-0.15, -0.1) is 0 Å². The summed E-state index contributed by atoms with van der Waals surface area (Å²) in [6, 6.07) is 4.61. The molecule has 0 spiro atoms. The molecule has 0 fully saturated rings. The summed E-state index contributed by atoms with van der Waals surface area (Å²) >= 11 is 0. The maximum absolute atomic E-state index is 12.1. The number of aliphatic carboxylic acids is 1. The quantitative estimate of drug-likeness (QED) is 0.817. The van der Waals surface area contributed by atoms with Crippen LogP contribution in [0.25, 0.3) is 0 Å². The minimum absolute atomic E-state index is 0.112. The van der Waals surface area contributed by atoms with Crippen molar-refractivity contribution in [2.24, 2.45) is 5.73 Å². The average Bonchev–Trinajstić information content (AvgIpc) is 2.45. The predicted octanol–water partition coefficient (Wildman–Crippen LogP) is 0.360. The van der Waals surface area contributed by atoms with Gasteiger partial charge in [-0.25, -0.2) is 0 Å². The molecule has 1 aliphatic heterocycles. The maximum atomic E-state index is 12.1. The first-order chi connectivity index (χ1) is 10.3. The second-order valence-corrected chi connectivity index (χ2v) is 5.40. The van der Waals surface area contributed by atoms with Crippen molar-refractivity contribution in [2.75, 3.05) is 23.4 Å². The van der Waals surface area contributed by atoms with Crippen molar-refractivity contribution >= 4 is 29.2 Å². The number of primary amides is 1. The Morgan fingerprint density at radius 3 is 2.68 bits per heavy atom. The van der Waals surface area contributed by atoms with Gasteiger partial charge in [0.15, 0.2) is 0 Å². The molecule has 0 saturated carbocycles. The average molecular weight is 305 g/mol. The Bertz CT molecular complexity index is 629. The van der Waals surface area contributed by atoms with Crippen molar-refractivity contribution in [3.8, 4) is 0 Å². The third kappa shape index (κ3) is 3.03. The van der Waals surface area contributed by atoms with E-state index in [1.54, 1.807) is 31.0 Å². The van der Waals surface area contributed by atoms with Gasteiger partial charge in [-0.05, 0) is 37.1 Å². The van der Waals surface area contributed by atoms with E-state index < -0.39 is 17.9 Å². The number of hydrogen-bond acceptors (Lipinski definition) is 4. The lowest BCUT2D eigenvalue weighted by Gasteiger charge is -2.33. The first-order valence-electron chi connectivity index (χ1n) is 6.98. The topological polar surface area (TPSA) is 104 Å². The molecule has 1 aliphatic rings. The van der Waals surface area contributed by atoms with Crippen LogP contribution in [-0.2, 0) is 20.8 Å². The minimum Gasteiger partial charge on any atom is -0.480 e. The summed E-state index contributed by atoms with van der Waals surface area (Å²) in [6.07, 6.45) is 0.863. The highest BCUT2D eigenvalue weighted by molar-refractivity contribution is 6.02. The van der Waals surface area contributed by atoms with Crippen LogP contribution in [0, 0.1) is 0 Å². The smallest absolute Gasteiger partial charge is 0.323 e. The third-order valence-corrected chi connectivity index (χ3v) is 3.81. The Balaban J connectivity index is 2.36. The highest BCUT2D eigenvalue weighted by Gasteiger charge is 2.31. The van der Waals surface area contributed by atoms with Crippen LogP contribution in [0.3, 0.4) is 0 Å². The van der Waals surface area contributed by atoms with E-state index in [-0.39, 0.29) is 12.5 Å². The van der Waals surface area contributed by atoms with Gasteiger partial charge in [-0.3, -0.25) is 19.3 Å². The number of nitrogens with zero attached hydrogens (tertiary/aromatic N) is 2. The summed E-state index contributed by atoms with van der Waals surface area (Å²) < 4.78 is 0. The Labute approximate surface area is 128 Å². The zero-order valence-electron chi connectivity index (χ0n) is 12.6. The summed E-state index contributed by atoms with van der Waals surface area (Å²) in [7, 11) is 1.69. The number of rotatable bonds is 5. The van der Waals surface area contributed by atoms with Crippen LogP contribution in [0.4, 0.5) is 11.4 Å². The lowest BCUT2D eigenvalue weighted by Crippen LogP contribution is -2.48.